The smallest absolute Gasteiger partial charge is 0.300 e. The molecule has 6 heteroatoms. The van der Waals surface area contributed by atoms with E-state index in [-0.39, 0.29) is 11.3 Å². The number of carbonyl (C=O) groups is 2. The third-order valence-corrected chi connectivity index (χ3v) is 5.59. The van der Waals surface area contributed by atoms with Crippen LogP contribution in [-0.2, 0) is 9.59 Å². The van der Waals surface area contributed by atoms with Crippen LogP contribution in [0, 0.1) is 6.92 Å². The normalized spacial score (nSPS) is 17.3. The van der Waals surface area contributed by atoms with Crippen LogP contribution in [0.1, 0.15) is 29.7 Å². The molecule has 1 aliphatic rings. The molecule has 0 saturated carbocycles. The molecule has 1 aliphatic heterocycles. The number of rotatable bonds is 6. The Morgan fingerprint density at radius 1 is 1.00 bits per heavy atom. The first kappa shape index (κ1) is 22.1. The molecule has 33 heavy (non-hydrogen) atoms. The zero-order valence-electron chi connectivity index (χ0n) is 18.7. The van der Waals surface area contributed by atoms with Gasteiger partial charge < -0.3 is 14.6 Å². The second kappa shape index (κ2) is 9.20. The minimum Gasteiger partial charge on any atom is -0.507 e. The van der Waals surface area contributed by atoms with Crippen molar-refractivity contribution in [2.75, 3.05) is 18.6 Å². The molecule has 1 unspecified atom stereocenters. The van der Waals surface area contributed by atoms with E-state index in [1.54, 1.807) is 48.5 Å². The number of amides is 1. The Bertz CT molecular complexity index is 1230. The minimum absolute atomic E-state index is 0.0176. The molecule has 1 heterocycles. The summed E-state index contributed by atoms with van der Waals surface area (Å²) < 4.78 is 10.9. The molecule has 1 amide bonds. The van der Waals surface area contributed by atoms with Crippen molar-refractivity contribution < 1.29 is 24.2 Å². The van der Waals surface area contributed by atoms with Crippen molar-refractivity contribution in [3.8, 4) is 11.5 Å². The van der Waals surface area contributed by atoms with Crippen LogP contribution in [0.2, 0.25) is 0 Å². The SMILES string of the molecule is CCOc1ccc(N2C(=O)C(=O)/C(=C(\O)c3ccccc3OC)C2c2cccc(C)c2)cc1. The number of nitrogens with zero attached hydrogens (tertiary/aromatic N) is 1. The van der Waals surface area contributed by atoms with Crippen molar-refractivity contribution in [3.63, 3.8) is 0 Å². The van der Waals surface area contributed by atoms with Gasteiger partial charge in [-0.1, -0.05) is 42.0 Å². The Morgan fingerprint density at radius 3 is 2.39 bits per heavy atom. The lowest BCUT2D eigenvalue weighted by molar-refractivity contribution is -0.132. The summed E-state index contributed by atoms with van der Waals surface area (Å²) in [5, 5.41) is 11.3. The molecule has 1 fully saturated rings. The quantitative estimate of drug-likeness (QED) is 0.329. The van der Waals surface area contributed by atoms with Crippen molar-refractivity contribution >= 4 is 23.1 Å². The fourth-order valence-electron chi connectivity index (χ4n) is 4.11. The van der Waals surface area contributed by atoms with Crippen LogP contribution in [0.25, 0.3) is 5.76 Å². The lowest BCUT2D eigenvalue weighted by Gasteiger charge is -2.26. The summed E-state index contributed by atoms with van der Waals surface area (Å²) in [7, 11) is 1.49. The topological polar surface area (TPSA) is 76.1 Å². The molecule has 3 aromatic rings. The number of hydrogen-bond donors (Lipinski definition) is 1. The molecular weight excluding hydrogens is 418 g/mol. The standard InChI is InChI=1S/C27H25NO5/c1-4-33-20-14-12-19(13-15-20)28-24(18-9-7-8-17(2)16-18)23(26(30)27(28)31)25(29)21-10-5-6-11-22(21)32-3/h5-16,24,29H,4H2,1-3H3/b25-23-. The Labute approximate surface area is 192 Å². The highest BCUT2D eigenvalue weighted by atomic mass is 16.5. The molecule has 6 nitrogen and oxygen atoms in total. The average molecular weight is 443 g/mol. The number of hydrogen-bond acceptors (Lipinski definition) is 5. The number of benzene rings is 3. The van der Waals surface area contributed by atoms with Crippen LogP contribution in [0.15, 0.2) is 78.4 Å². The molecule has 0 aromatic heterocycles. The zero-order valence-corrected chi connectivity index (χ0v) is 18.7. The number of carbonyl (C=O) groups excluding carboxylic acids is 2. The number of aryl methyl sites for hydroxylation is 1. The Kier molecular flexibility index (Phi) is 6.18. The second-order valence-corrected chi connectivity index (χ2v) is 7.71. The Balaban J connectivity index is 1.92. The molecular formula is C27H25NO5. The molecule has 0 spiro atoms. The van der Waals surface area contributed by atoms with Gasteiger partial charge in [0.1, 0.15) is 17.3 Å². The third-order valence-electron chi connectivity index (χ3n) is 5.59. The number of anilines is 1. The highest BCUT2D eigenvalue weighted by Crippen LogP contribution is 2.43. The van der Waals surface area contributed by atoms with Gasteiger partial charge in [-0.15, -0.1) is 0 Å². The Hall–Kier alpha value is -4.06. The fourth-order valence-corrected chi connectivity index (χ4v) is 4.11. The van der Waals surface area contributed by atoms with Crippen LogP contribution in [0.3, 0.4) is 0 Å². The zero-order chi connectivity index (χ0) is 23.5. The average Bonchev–Trinajstić information content (AvgIpc) is 3.10. The number of methoxy groups -OCH3 is 1. The molecule has 0 radical (unpaired) electrons. The highest BCUT2D eigenvalue weighted by Gasteiger charge is 2.47. The van der Waals surface area contributed by atoms with Crippen LogP contribution in [-0.4, -0.2) is 30.5 Å². The van der Waals surface area contributed by atoms with Gasteiger partial charge in [0.15, 0.2) is 0 Å². The van der Waals surface area contributed by atoms with Crippen LogP contribution >= 0.6 is 0 Å². The van der Waals surface area contributed by atoms with E-state index in [9.17, 15) is 14.7 Å². The molecule has 1 N–H and O–H groups in total. The second-order valence-electron chi connectivity index (χ2n) is 7.71. The highest BCUT2D eigenvalue weighted by molar-refractivity contribution is 6.51. The van der Waals surface area contributed by atoms with Crippen LogP contribution in [0.4, 0.5) is 5.69 Å². The van der Waals surface area contributed by atoms with Crippen LogP contribution in [0.5, 0.6) is 11.5 Å². The summed E-state index contributed by atoms with van der Waals surface area (Å²) in [5.74, 6) is -0.657. The van der Waals surface area contributed by atoms with Crippen molar-refractivity contribution in [1.29, 1.82) is 0 Å². The number of ketones is 1. The number of Topliss-reactive ketones (excluding diaryl/α,β-unsaturated/α-hetero) is 1. The van der Waals surface area contributed by atoms with Crippen molar-refractivity contribution in [1.82, 2.24) is 0 Å². The fraction of sp³-hybridized carbons (Fsp3) is 0.185. The summed E-state index contributed by atoms with van der Waals surface area (Å²) in [6.07, 6.45) is 0. The maximum atomic E-state index is 13.3. The number of aliphatic hydroxyl groups is 1. The van der Waals surface area contributed by atoms with Gasteiger partial charge in [0, 0.05) is 5.69 Å². The van der Waals surface area contributed by atoms with Gasteiger partial charge in [0.25, 0.3) is 11.7 Å². The van der Waals surface area contributed by atoms with E-state index < -0.39 is 17.7 Å². The molecule has 0 bridgehead atoms. The third kappa shape index (κ3) is 4.07. The number of ether oxygens (including phenoxy) is 2. The van der Waals surface area contributed by atoms with Gasteiger partial charge in [-0.05, 0) is 55.8 Å². The maximum Gasteiger partial charge on any atom is 0.300 e. The summed E-state index contributed by atoms with van der Waals surface area (Å²) in [4.78, 5) is 27.9. The van der Waals surface area contributed by atoms with Gasteiger partial charge in [-0.3, -0.25) is 14.5 Å². The van der Waals surface area contributed by atoms with Crippen LogP contribution < -0.4 is 14.4 Å². The van der Waals surface area contributed by atoms with Gasteiger partial charge in [0.05, 0.1) is 30.9 Å². The molecule has 1 saturated heterocycles. The lowest BCUT2D eigenvalue weighted by atomic mass is 9.94. The molecule has 4 rings (SSSR count). The predicted octanol–water partition coefficient (Wildman–Crippen LogP) is 5.03. The van der Waals surface area contributed by atoms with E-state index in [4.69, 9.17) is 9.47 Å². The number of aliphatic hydroxyl groups excluding tert-OH is 1. The molecule has 3 aromatic carbocycles. The summed E-state index contributed by atoms with van der Waals surface area (Å²) in [6.45, 7) is 4.35. The maximum absolute atomic E-state index is 13.3. The van der Waals surface area contributed by atoms with E-state index in [1.807, 2.05) is 38.1 Å². The van der Waals surface area contributed by atoms with Gasteiger partial charge in [-0.2, -0.15) is 0 Å². The first-order valence-electron chi connectivity index (χ1n) is 10.7. The molecule has 168 valence electrons. The van der Waals surface area contributed by atoms with Crippen molar-refractivity contribution in [3.05, 3.63) is 95.1 Å². The van der Waals surface area contributed by atoms with E-state index >= 15 is 0 Å². The number of para-hydroxylation sites is 1. The molecule has 0 aliphatic carbocycles. The Morgan fingerprint density at radius 2 is 1.73 bits per heavy atom. The minimum atomic E-state index is -0.798. The van der Waals surface area contributed by atoms with Gasteiger partial charge >= 0.3 is 0 Å². The first-order valence-corrected chi connectivity index (χ1v) is 10.7. The van der Waals surface area contributed by atoms with Gasteiger partial charge in [-0.25, -0.2) is 0 Å². The largest absolute Gasteiger partial charge is 0.507 e. The first-order chi connectivity index (χ1) is 16.0. The van der Waals surface area contributed by atoms with E-state index in [0.717, 1.165) is 11.1 Å². The monoisotopic (exact) mass is 443 g/mol. The lowest BCUT2D eigenvalue weighted by Crippen LogP contribution is -2.29. The van der Waals surface area contributed by atoms with E-state index in [1.165, 1.54) is 12.0 Å². The van der Waals surface area contributed by atoms with E-state index in [2.05, 4.69) is 0 Å². The van der Waals surface area contributed by atoms with Crippen molar-refractivity contribution in [2.24, 2.45) is 0 Å². The van der Waals surface area contributed by atoms with E-state index in [0.29, 0.717) is 29.4 Å². The van der Waals surface area contributed by atoms with Crippen molar-refractivity contribution in [2.45, 2.75) is 19.9 Å². The molecule has 1 atom stereocenters. The predicted molar refractivity (Wildman–Crippen MR) is 127 cm³/mol. The summed E-state index contributed by atoms with van der Waals surface area (Å²) in [5.41, 5.74) is 2.60. The summed E-state index contributed by atoms with van der Waals surface area (Å²) in [6, 6.07) is 20.6. The van der Waals surface area contributed by atoms with Gasteiger partial charge in [0.2, 0.25) is 0 Å². The summed E-state index contributed by atoms with van der Waals surface area (Å²) >= 11 is 0.